The van der Waals surface area contributed by atoms with Gasteiger partial charge < -0.3 is 4.98 Å². The first kappa shape index (κ1) is 10.6. The molecule has 0 saturated heterocycles. The van der Waals surface area contributed by atoms with E-state index in [9.17, 15) is 0 Å². The summed E-state index contributed by atoms with van der Waals surface area (Å²) in [6.45, 7) is 2.20. The van der Waals surface area contributed by atoms with Crippen molar-refractivity contribution in [2.45, 2.75) is 13.3 Å². The van der Waals surface area contributed by atoms with Crippen LogP contribution in [0.1, 0.15) is 12.5 Å². The van der Waals surface area contributed by atoms with Crippen molar-refractivity contribution in [2.24, 2.45) is 0 Å². The summed E-state index contributed by atoms with van der Waals surface area (Å²) in [5.41, 5.74) is 3.84. The lowest BCUT2D eigenvalue weighted by Gasteiger charge is -2.01. The highest BCUT2D eigenvalue weighted by Crippen LogP contribution is 2.32. The van der Waals surface area contributed by atoms with Crippen LogP contribution in [0.3, 0.4) is 0 Å². The molecule has 1 nitrogen and oxygen atoms in total. The zero-order chi connectivity index (χ0) is 12.8. The first-order valence-corrected chi connectivity index (χ1v) is 6.79. The first-order valence-electron chi connectivity index (χ1n) is 6.79. The molecule has 92 valence electrons. The summed E-state index contributed by atoms with van der Waals surface area (Å²) in [7, 11) is 0. The van der Waals surface area contributed by atoms with E-state index in [4.69, 9.17) is 0 Å². The summed E-state index contributed by atoms with van der Waals surface area (Å²) in [5, 5.41) is 5.33. The molecule has 0 saturated carbocycles. The molecule has 0 aliphatic carbocycles. The van der Waals surface area contributed by atoms with E-state index >= 15 is 0 Å². The lowest BCUT2D eigenvalue weighted by Crippen LogP contribution is -1.78. The molecule has 0 amide bonds. The molecular formula is C18H15N. The third-order valence-electron chi connectivity index (χ3n) is 3.96. The first-order chi connectivity index (χ1) is 9.36. The van der Waals surface area contributed by atoms with Crippen molar-refractivity contribution >= 4 is 32.6 Å². The van der Waals surface area contributed by atoms with Gasteiger partial charge in [0.1, 0.15) is 0 Å². The van der Waals surface area contributed by atoms with Crippen molar-refractivity contribution in [1.82, 2.24) is 4.98 Å². The van der Waals surface area contributed by atoms with Crippen molar-refractivity contribution < 1.29 is 0 Å². The Kier molecular flexibility index (Phi) is 2.16. The van der Waals surface area contributed by atoms with Gasteiger partial charge in [-0.15, -0.1) is 0 Å². The number of aromatic amines is 1. The summed E-state index contributed by atoms with van der Waals surface area (Å²) in [6.07, 6.45) is 1.08. The van der Waals surface area contributed by atoms with Crippen LogP contribution in [0, 0.1) is 0 Å². The van der Waals surface area contributed by atoms with Gasteiger partial charge in [-0.1, -0.05) is 43.3 Å². The maximum atomic E-state index is 3.52. The number of nitrogens with one attached hydrogen (secondary N) is 1. The van der Waals surface area contributed by atoms with Crippen LogP contribution in [-0.4, -0.2) is 4.98 Å². The SMILES string of the molecule is CCc1ccc2[nH]c3ccc4ccccc4c3c2c1. The van der Waals surface area contributed by atoms with E-state index in [0.29, 0.717) is 0 Å². The molecule has 0 aliphatic heterocycles. The number of benzene rings is 3. The van der Waals surface area contributed by atoms with Gasteiger partial charge in [0.05, 0.1) is 0 Å². The average molecular weight is 245 g/mol. The molecule has 0 atom stereocenters. The molecule has 0 aliphatic rings. The Bertz CT molecular complexity index is 899. The smallest absolute Gasteiger partial charge is 0.0471 e. The summed E-state index contributed by atoms with van der Waals surface area (Å²) >= 11 is 0. The molecule has 0 unspecified atom stereocenters. The molecule has 0 radical (unpaired) electrons. The third kappa shape index (κ3) is 1.48. The Balaban J connectivity index is 2.27. The number of rotatable bonds is 1. The predicted molar refractivity (Wildman–Crippen MR) is 82.7 cm³/mol. The maximum Gasteiger partial charge on any atom is 0.0471 e. The molecule has 4 aromatic rings. The Morgan fingerprint density at radius 3 is 2.58 bits per heavy atom. The van der Waals surface area contributed by atoms with Crippen LogP contribution in [-0.2, 0) is 6.42 Å². The highest BCUT2D eigenvalue weighted by Gasteiger charge is 2.08. The van der Waals surface area contributed by atoms with Gasteiger partial charge in [0.2, 0.25) is 0 Å². The van der Waals surface area contributed by atoms with Crippen LogP contribution >= 0.6 is 0 Å². The molecule has 19 heavy (non-hydrogen) atoms. The minimum Gasteiger partial charge on any atom is -0.354 e. The molecule has 0 bridgehead atoms. The standard InChI is InChI=1S/C18H15N/c1-2-12-7-9-16-15(11-12)18-14-6-4-3-5-13(14)8-10-17(18)19-16/h3-11,19H,2H2,1H3. The second-order valence-electron chi connectivity index (χ2n) is 5.07. The minimum absolute atomic E-state index is 1.08. The fourth-order valence-corrected chi connectivity index (χ4v) is 2.94. The Hall–Kier alpha value is -2.28. The fourth-order valence-electron chi connectivity index (χ4n) is 2.94. The van der Waals surface area contributed by atoms with Crippen molar-refractivity contribution in [3.63, 3.8) is 0 Å². The second-order valence-corrected chi connectivity index (χ2v) is 5.07. The zero-order valence-electron chi connectivity index (χ0n) is 10.9. The highest BCUT2D eigenvalue weighted by molar-refractivity contribution is 6.20. The van der Waals surface area contributed by atoms with Crippen LogP contribution in [0.4, 0.5) is 0 Å². The Morgan fingerprint density at radius 1 is 0.842 bits per heavy atom. The van der Waals surface area contributed by atoms with Crippen molar-refractivity contribution in [3.05, 3.63) is 60.2 Å². The minimum atomic E-state index is 1.08. The van der Waals surface area contributed by atoms with Gasteiger partial charge in [0.15, 0.2) is 0 Å². The molecule has 1 heterocycles. The van der Waals surface area contributed by atoms with Gasteiger partial charge >= 0.3 is 0 Å². The van der Waals surface area contributed by atoms with Crippen molar-refractivity contribution in [1.29, 1.82) is 0 Å². The zero-order valence-corrected chi connectivity index (χ0v) is 10.9. The van der Waals surface area contributed by atoms with Crippen LogP contribution in [0.2, 0.25) is 0 Å². The second kappa shape index (κ2) is 3.86. The largest absolute Gasteiger partial charge is 0.354 e. The van der Waals surface area contributed by atoms with Crippen LogP contribution in [0.25, 0.3) is 32.6 Å². The van der Waals surface area contributed by atoms with Crippen LogP contribution in [0.15, 0.2) is 54.6 Å². The highest BCUT2D eigenvalue weighted by atomic mass is 14.7. The van der Waals surface area contributed by atoms with Gasteiger partial charge in [-0.3, -0.25) is 0 Å². The number of hydrogen-bond acceptors (Lipinski definition) is 0. The lowest BCUT2D eigenvalue weighted by molar-refractivity contribution is 1.15. The molecule has 4 rings (SSSR count). The van der Waals surface area contributed by atoms with E-state index in [2.05, 4.69) is 66.5 Å². The number of fused-ring (bicyclic) bond motifs is 5. The maximum absolute atomic E-state index is 3.52. The monoisotopic (exact) mass is 245 g/mol. The van der Waals surface area contributed by atoms with Crippen LogP contribution in [0.5, 0.6) is 0 Å². The Labute approximate surface area is 111 Å². The topological polar surface area (TPSA) is 15.8 Å². The number of hydrogen-bond donors (Lipinski definition) is 1. The molecule has 1 aromatic heterocycles. The van der Waals surface area contributed by atoms with E-state index in [1.807, 2.05) is 0 Å². The molecule has 3 aromatic carbocycles. The fraction of sp³-hybridized carbons (Fsp3) is 0.111. The molecular weight excluding hydrogens is 230 g/mol. The summed E-state index contributed by atoms with van der Waals surface area (Å²) in [4.78, 5) is 3.52. The van der Waals surface area contributed by atoms with E-state index < -0.39 is 0 Å². The van der Waals surface area contributed by atoms with E-state index in [0.717, 1.165) is 6.42 Å². The van der Waals surface area contributed by atoms with Gasteiger partial charge in [-0.2, -0.15) is 0 Å². The summed E-state index contributed by atoms with van der Waals surface area (Å²) < 4.78 is 0. The van der Waals surface area contributed by atoms with E-state index in [-0.39, 0.29) is 0 Å². The van der Waals surface area contributed by atoms with E-state index in [1.165, 1.54) is 38.1 Å². The van der Waals surface area contributed by atoms with Crippen molar-refractivity contribution in [2.75, 3.05) is 0 Å². The lowest BCUT2D eigenvalue weighted by atomic mass is 10.0. The van der Waals surface area contributed by atoms with E-state index in [1.54, 1.807) is 0 Å². The van der Waals surface area contributed by atoms with Crippen molar-refractivity contribution in [3.8, 4) is 0 Å². The third-order valence-corrected chi connectivity index (χ3v) is 3.96. The normalized spacial score (nSPS) is 11.6. The molecule has 1 N–H and O–H groups in total. The quantitative estimate of drug-likeness (QED) is 0.483. The van der Waals surface area contributed by atoms with Gasteiger partial charge in [-0.05, 0) is 41.0 Å². The molecule has 1 heteroatoms. The van der Waals surface area contributed by atoms with Gasteiger partial charge in [-0.25, -0.2) is 0 Å². The molecule has 0 fully saturated rings. The average Bonchev–Trinajstić information content (AvgIpc) is 2.85. The van der Waals surface area contributed by atoms with Gasteiger partial charge in [0.25, 0.3) is 0 Å². The summed E-state index contributed by atoms with van der Waals surface area (Å²) in [6, 6.07) is 19.7. The Morgan fingerprint density at radius 2 is 1.68 bits per heavy atom. The molecule has 0 spiro atoms. The predicted octanol–water partition coefficient (Wildman–Crippen LogP) is 5.04. The van der Waals surface area contributed by atoms with Crippen LogP contribution < -0.4 is 0 Å². The van der Waals surface area contributed by atoms with Gasteiger partial charge in [0, 0.05) is 21.8 Å². The number of aryl methyl sites for hydroxylation is 1. The summed E-state index contributed by atoms with van der Waals surface area (Å²) in [5.74, 6) is 0. The number of aromatic nitrogens is 1. The number of H-pyrrole nitrogens is 1.